The van der Waals surface area contributed by atoms with E-state index in [-0.39, 0.29) is 0 Å². The van der Waals surface area contributed by atoms with Crippen molar-refractivity contribution in [3.05, 3.63) is 61.5 Å². The van der Waals surface area contributed by atoms with Crippen molar-refractivity contribution in [3.63, 3.8) is 0 Å². The van der Waals surface area contributed by atoms with Crippen LogP contribution < -0.4 is 15.4 Å². The molecular formula is C18H19Br2ClN2O. The van der Waals surface area contributed by atoms with Gasteiger partial charge in [0.25, 0.3) is 0 Å². The molecule has 1 fully saturated rings. The van der Waals surface area contributed by atoms with E-state index in [1.807, 2.05) is 30.3 Å². The van der Waals surface area contributed by atoms with E-state index in [4.69, 9.17) is 16.3 Å². The van der Waals surface area contributed by atoms with E-state index in [1.54, 1.807) is 0 Å². The van der Waals surface area contributed by atoms with Crippen LogP contribution in [0.25, 0.3) is 0 Å². The monoisotopic (exact) mass is 472 g/mol. The lowest BCUT2D eigenvalue weighted by molar-refractivity contribution is 0.304. The van der Waals surface area contributed by atoms with Gasteiger partial charge in [0.05, 0.1) is 0 Å². The van der Waals surface area contributed by atoms with Crippen LogP contribution in [0.3, 0.4) is 0 Å². The maximum absolute atomic E-state index is 5.97. The Bertz CT molecular complexity index is 707. The van der Waals surface area contributed by atoms with E-state index >= 15 is 0 Å². The van der Waals surface area contributed by atoms with Crippen molar-refractivity contribution in [2.45, 2.75) is 13.2 Å². The van der Waals surface area contributed by atoms with Crippen LogP contribution in [0.1, 0.15) is 11.1 Å². The summed E-state index contributed by atoms with van der Waals surface area (Å²) in [6.45, 7) is 4.61. The average molecular weight is 475 g/mol. The first-order valence-electron chi connectivity index (χ1n) is 7.88. The zero-order valence-electron chi connectivity index (χ0n) is 13.1. The molecule has 0 saturated carbocycles. The normalized spacial score (nSPS) is 14.5. The highest BCUT2D eigenvalue weighted by molar-refractivity contribution is 9.10. The Morgan fingerprint density at radius 1 is 1.08 bits per heavy atom. The smallest absolute Gasteiger partial charge is 0.120 e. The number of nitrogens with one attached hydrogen (secondary N) is 2. The number of hydrogen-bond donors (Lipinski definition) is 2. The molecule has 2 aromatic carbocycles. The van der Waals surface area contributed by atoms with Gasteiger partial charge in [-0.25, -0.2) is 0 Å². The summed E-state index contributed by atoms with van der Waals surface area (Å²) >= 11 is 13.1. The molecule has 0 spiro atoms. The Hall–Kier alpha value is -0.590. The van der Waals surface area contributed by atoms with E-state index in [0.717, 1.165) is 52.4 Å². The van der Waals surface area contributed by atoms with Crippen molar-refractivity contribution in [1.29, 1.82) is 0 Å². The van der Waals surface area contributed by atoms with Gasteiger partial charge in [-0.05, 0) is 41.8 Å². The van der Waals surface area contributed by atoms with Gasteiger partial charge in [0, 0.05) is 45.7 Å². The quantitative estimate of drug-likeness (QED) is 0.608. The molecule has 0 radical (unpaired) electrons. The molecule has 0 aliphatic carbocycles. The van der Waals surface area contributed by atoms with E-state index in [0.29, 0.717) is 11.6 Å². The van der Waals surface area contributed by atoms with Crippen LogP contribution in [-0.2, 0) is 13.2 Å². The van der Waals surface area contributed by atoms with Gasteiger partial charge in [0.2, 0.25) is 0 Å². The number of ether oxygens (including phenoxy) is 1. The lowest BCUT2D eigenvalue weighted by atomic mass is 10.0. The molecule has 2 N–H and O–H groups in total. The van der Waals surface area contributed by atoms with E-state index in [9.17, 15) is 0 Å². The first kappa shape index (κ1) is 18.2. The lowest BCUT2D eigenvalue weighted by Crippen LogP contribution is -2.47. The SMILES string of the molecule is Clc1ccc(COc2ccc(Br)c(CNCC3CNC3)c2)c(Br)c1. The summed E-state index contributed by atoms with van der Waals surface area (Å²) in [5, 5.41) is 7.51. The van der Waals surface area contributed by atoms with Gasteiger partial charge in [-0.3, -0.25) is 0 Å². The maximum atomic E-state index is 5.97. The second-order valence-electron chi connectivity index (χ2n) is 5.93. The molecule has 0 unspecified atom stereocenters. The van der Waals surface area contributed by atoms with Crippen molar-refractivity contribution in [2.24, 2.45) is 5.92 Å². The Morgan fingerprint density at radius 2 is 1.92 bits per heavy atom. The van der Waals surface area contributed by atoms with Crippen molar-refractivity contribution in [1.82, 2.24) is 10.6 Å². The Balaban J connectivity index is 1.57. The fourth-order valence-corrected chi connectivity index (χ4v) is 3.66. The highest BCUT2D eigenvalue weighted by atomic mass is 79.9. The predicted molar refractivity (Wildman–Crippen MR) is 106 cm³/mol. The summed E-state index contributed by atoms with van der Waals surface area (Å²) in [4.78, 5) is 0. The van der Waals surface area contributed by atoms with Gasteiger partial charge >= 0.3 is 0 Å². The summed E-state index contributed by atoms with van der Waals surface area (Å²) in [5.41, 5.74) is 2.27. The fraction of sp³-hybridized carbons (Fsp3) is 0.333. The van der Waals surface area contributed by atoms with Crippen molar-refractivity contribution in [3.8, 4) is 5.75 Å². The largest absolute Gasteiger partial charge is 0.489 e. The molecule has 1 aliphatic heterocycles. The molecule has 1 saturated heterocycles. The molecule has 0 amide bonds. The summed E-state index contributed by atoms with van der Waals surface area (Å²) in [5.74, 6) is 1.62. The molecule has 1 heterocycles. The summed E-state index contributed by atoms with van der Waals surface area (Å²) in [6, 6.07) is 11.8. The van der Waals surface area contributed by atoms with E-state index < -0.39 is 0 Å². The van der Waals surface area contributed by atoms with Crippen LogP contribution in [0.4, 0.5) is 0 Å². The molecule has 128 valence electrons. The van der Waals surface area contributed by atoms with Gasteiger partial charge in [-0.1, -0.05) is 49.5 Å². The van der Waals surface area contributed by atoms with Gasteiger partial charge in [-0.15, -0.1) is 0 Å². The number of halogens is 3. The van der Waals surface area contributed by atoms with Crippen molar-refractivity contribution >= 4 is 43.5 Å². The van der Waals surface area contributed by atoms with Crippen LogP contribution in [0.2, 0.25) is 5.02 Å². The molecule has 0 atom stereocenters. The second kappa shape index (κ2) is 8.68. The molecule has 3 rings (SSSR count). The average Bonchev–Trinajstić information content (AvgIpc) is 2.51. The molecule has 0 bridgehead atoms. The topological polar surface area (TPSA) is 33.3 Å². The fourth-order valence-electron chi connectivity index (χ4n) is 2.48. The van der Waals surface area contributed by atoms with Gasteiger partial charge in [0.15, 0.2) is 0 Å². The van der Waals surface area contributed by atoms with E-state index in [2.05, 4.69) is 48.6 Å². The minimum absolute atomic E-state index is 0.500. The minimum atomic E-state index is 0.500. The summed E-state index contributed by atoms with van der Waals surface area (Å²) in [7, 11) is 0. The second-order valence-corrected chi connectivity index (χ2v) is 8.08. The summed E-state index contributed by atoms with van der Waals surface area (Å²) < 4.78 is 8.00. The molecular weight excluding hydrogens is 455 g/mol. The predicted octanol–water partition coefficient (Wildman–Crippen LogP) is 4.75. The first-order chi connectivity index (χ1) is 11.6. The van der Waals surface area contributed by atoms with Gasteiger partial charge in [-0.2, -0.15) is 0 Å². The van der Waals surface area contributed by atoms with E-state index in [1.165, 1.54) is 5.56 Å². The molecule has 2 aromatic rings. The zero-order chi connectivity index (χ0) is 16.9. The minimum Gasteiger partial charge on any atom is -0.489 e. The van der Waals surface area contributed by atoms with Crippen LogP contribution >= 0.6 is 43.5 Å². The highest BCUT2D eigenvalue weighted by Gasteiger charge is 2.15. The molecule has 0 aromatic heterocycles. The van der Waals surface area contributed by atoms with Crippen molar-refractivity contribution < 1.29 is 4.74 Å². The Labute approximate surface area is 164 Å². The maximum Gasteiger partial charge on any atom is 0.120 e. The van der Waals surface area contributed by atoms with Gasteiger partial charge in [0.1, 0.15) is 12.4 Å². The lowest BCUT2D eigenvalue weighted by Gasteiger charge is -2.27. The third-order valence-corrected chi connectivity index (χ3v) is 5.79. The number of hydrogen-bond acceptors (Lipinski definition) is 3. The molecule has 6 heteroatoms. The zero-order valence-corrected chi connectivity index (χ0v) is 17.0. The third kappa shape index (κ3) is 4.96. The number of benzene rings is 2. The van der Waals surface area contributed by atoms with Gasteiger partial charge < -0.3 is 15.4 Å². The molecule has 24 heavy (non-hydrogen) atoms. The standard InChI is InChI=1S/C18H19Br2ClN2O/c19-17-4-3-16(5-14(17)10-23-9-12-7-22-8-12)24-11-13-1-2-15(21)6-18(13)20/h1-6,12,22-23H,7-11H2. The first-order valence-corrected chi connectivity index (χ1v) is 9.85. The Kier molecular flexibility index (Phi) is 6.58. The van der Waals surface area contributed by atoms with Crippen LogP contribution in [0, 0.1) is 5.92 Å². The van der Waals surface area contributed by atoms with Crippen LogP contribution in [0.15, 0.2) is 45.3 Å². The number of rotatable bonds is 7. The highest BCUT2D eigenvalue weighted by Crippen LogP contribution is 2.26. The molecule has 3 nitrogen and oxygen atoms in total. The molecule has 1 aliphatic rings. The van der Waals surface area contributed by atoms with Crippen LogP contribution in [0.5, 0.6) is 5.75 Å². The van der Waals surface area contributed by atoms with Crippen molar-refractivity contribution in [2.75, 3.05) is 19.6 Å². The van der Waals surface area contributed by atoms with Crippen LogP contribution in [-0.4, -0.2) is 19.6 Å². The third-order valence-electron chi connectivity index (χ3n) is 4.04. The Morgan fingerprint density at radius 3 is 2.62 bits per heavy atom. The summed E-state index contributed by atoms with van der Waals surface area (Å²) in [6.07, 6.45) is 0.